The van der Waals surface area contributed by atoms with Crippen LogP contribution in [0, 0.1) is 5.92 Å². The first kappa shape index (κ1) is 23.7. The fourth-order valence-corrected chi connectivity index (χ4v) is 4.07. The Balaban J connectivity index is 0.00000338. The van der Waals surface area contributed by atoms with Gasteiger partial charge in [0.2, 0.25) is 0 Å². The lowest BCUT2D eigenvalue weighted by Crippen LogP contribution is -2.46. The fourth-order valence-electron chi connectivity index (χ4n) is 3.29. The van der Waals surface area contributed by atoms with E-state index < -0.39 is 5.60 Å². The third-order valence-corrected chi connectivity index (χ3v) is 5.67. The van der Waals surface area contributed by atoms with Crippen molar-refractivity contribution in [2.24, 2.45) is 10.9 Å². The largest absolute Gasteiger partial charge is 0.383 e. The Labute approximate surface area is 179 Å². The number of hydrogen-bond donors (Lipinski definition) is 3. The molecule has 26 heavy (non-hydrogen) atoms. The number of hydrogen-bond acceptors (Lipinski definition) is 4. The summed E-state index contributed by atoms with van der Waals surface area (Å²) in [6, 6.07) is 4.50. The summed E-state index contributed by atoms with van der Waals surface area (Å²) < 4.78 is 0. The van der Waals surface area contributed by atoms with Crippen LogP contribution in [0.5, 0.6) is 0 Å². The summed E-state index contributed by atoms with van der Waals surface area (Å²) in [5.74, 6) is 1.49. The number of aliphatic hydroxyl groups is 1. The highest BCUT2D eigenvalue weighted by molar-refractivity contribution is 14.0. The summed E-state index contributed by atoms with van der Waals surface area (Å²) in [6.07, 6.45) is 2.52. The van der Waals surface area contributed by atoms with Gasteiger partial charge in [-0.05, 0) is 50.6 Å². The van der Waals surface area contributed by atoms with Crippen molar-refractivity contribution >= 4 is 41.3 Å². The first-order chi connectivity index (χ1) is 11.9. The first-order valence-corrected chi connectivity index (χ1v) is 10.3. The predicted octanol–water partition coefficient (Wildman–Crippen LogP) is 3.25. The van der Waals surface area contributed by atoms with Gasteiger partial charge in [-0.3, -0.25) is 4.90 Å². The van der Waals surface area contributed by atoms with Crippen LogP contribution in [0.15, 0.2) is 22.5 Å². The number of guanidine groups is 1. The third kappa shape index (κ3) is 7.32. The van der Waals surface area contributed by atoms with Crippen LogP contribution in [0.25, 0.3) is 0 Å². The molecule has 1 fully saturated rings. The Morgan fingerprint density at radius 1 is 1.46 bits per heavy atom. The Morgan fingerprint density at radius 3 is 2.85 bits per heavy atom. The second-order valence-electron chi connectivity index (χ2n) is 7.51. The van der Waals surface area contributed by atoms with E-state index in [4.69, 9.17) is 0 Å². The number of thiophene rings is 1. The Morgan fingerprint density at radius 2 is 2.23 bits per heavy atom. The summed E-state index contributed by atoms with van der Waals surface area (Å²) in [5, 5.41) is 19.4. The van der Waals surface area contributed by atoms with E-state index in [1.54, 1.807) is 11.3 Å². The molecule has 5 nitrogen and oxygen atoms in total. The molecule has 1 aliphatic rings. The molecular weight excluding hydrogens is 459 g/mol. The molecule has 1 unspecified atom stereocenters. The molecular formula is C19H35IN4OS. The minimum atomic E-state index is -0.923. The van der Waals surface area contributed by atoms with Crippen LogP contribution >= 0.6 is 35.3 Å². The lowest BCUT2D eigenvalue weighted by Gasteiger charge is -2.27. The normalized spacial score (nSPS) is 20.7. The fraction of sp³-hybridized carbons (Fsp3) is 0.737. The molecule has 2 atom stereocenters. The first-order valence-electron chi connectivity index (χ1n) is 9.45. The van der Waals surface area contributed by atoms with Crippen molar-refractivity contribution < 1.29 is 5.11 Å². The Bertz CT molecular complexity index is 534. The summed E-state index contributed by atoms with van der Waals surface area (Å²) in [6.45, 7) is 12.9. The van der Waals surface area contributed by atoms with Gasteiger partial charge in [-0.2, -0.15) is 0 Å². The second-order valence-corrected chi connectivity index (χ2v) is 8.46. The quantitative estimate of drug-likeness (QED) is 0.295. The topological polar surface area (TPSA) is 59.9 Å². The molecule has 0 radical (unpaired) electrons. The average molecular weight is 494 g/mol. The van der Waals surface area contributed by atoms with Crippen molar-refractivity contribution in [2.75, 3.05) is 32.7 Å². The van der Waals surface area contributed by atoms with Crippen LogP contribution < -0.4 is 10.6 Å². The predicted molar refractivity (Wildman–Crippen MR) is 123 cm³/mol. The second kappa shape index (κ2) is 11.5. The lowest BCUT2D eigenvalue weighted by atomic mass is 10.1. The maximum atomic E-state index is 10.7. The number of nitrogens with one attached hydrogen (secondary N) is 2. The maximum absolute atomic E-state index is 10.7. The molecule has 1 aromatic heterocycles. The minimum absolute atomic E-state index is 0. The van der Waals surface area contributed by atoms with Gasteiger partial charge in [-0.1, -0.05) is 19.9 Å². The third-order valence-electron chi connectivity index (χ3n) is 4.55. The average Bonchev–Trinajstić information content (AvgIpc) is 3.22. The highest BCUT2D eigenvalue weighted by Gasteiger charge is 2.26. The summed E-state index contributed by atoms with van der Waals surface area (Å²) in [4.78, 5) is 8.16. The van der Waals surface area contributed by atoms with Crippen LogP contribution in [-0.2, 0) is 5.60 Å². The lowest BCUT2D eigenvalue weighted by molar-refractivity contribution is 0.0711. The molecule has 3 N–H and O–H groups in total. The molecule has 1 aliphatic heterocycles. The van der Waals surface area contributed by atoms with E-state index in [0.717, 1.165) is 30.5 Å². The zero-order chi connectivity index (χ0) is 18.3. The van der Waals surface area contributed by atoms with Gasteiger partial charge in [-0.15, -0.1) is 35.3 Å². The number of rotatable bonds is 8. The van der Waals surface area contributed by atoms with E-state index in [-0.39, 0.29) is 24.0 Å². The molecule has 150 valence electrons. The summed E-state index contributed by atoms with van der Waals surface area (Å²) in [5.41, 5.74) is -0.923. The SMILES string of the molecule is CCNC(=NCC(C)(O)c1cccs1)NC[C@H]1CCCN1CC(C)C.I. The van der Waals surface area contributed by atoms with Gasteiger partial charge in [0, 0.05) is 30.6 Å². The number of likely N-dealkylation sites (tertiary alicyclic amines) is 1. The number of aliphatic imine (C=N–C) groups is 1. The molecule has 0 saturated carbocycles. The van der Waals surface area contributed by atoms with Crippen LogP contribution in [0.4, 0.5) is 0 Å². The molecule has 1 aromatic rings. The van der Waals surface area contributed by atoms with E-state index in [1.807, 2.05) is 24.4 Å². The zero-order valence-corrected chi connectivity index (χ0v) is 19.6. The van der Waals surface area contributed by atoms with Gasteiger partial charge in [0.05, 0.1) is 6.54 Å². The molecule has 2 heterocycles. The Kier molecular flexibility index (Phi) is 10.4. The Hall–Kier alpha value is -0.380. The van der Waals surface area contributed by atoms with E-state index in [0.29, 0.717) is 18.5 Å². The monoisotopic (exact) mass is 494 g/mol. The van der Waals surface area contributed by atoms with Gasteiger partial charge in [-0.25, -0.2) is 4.99 Å². The molecule has 0 spiro atoms. The number of halogens is 1. The van der Waals surface area contributed by atoms with E-state index in [1.165, 1.54) is 19.4 Å². The van der Waals surface area contributed by atoms with Gasteiger partial charge >= 0.3 is 0 Å². The van der Waals surface area contributed by atoms with Crippen molar-refractivity contribution in [1.82, 2.24) is 15.5 Å². The molecule has 0 aliphatic carbocycles. The van der Waals surface area contributed by atoms with Gasteiger partial charge in [0.25, 0.3) is 0 Å². The van der Waals surface area contributed by atoms with E-state index in [2.05, 4.69) is 41.3 Å². The number of nitrogens with zero attached hydrogens (tertiary/aromatic N) is 2. The molecule has 2 rings (SSSR count). The van der Waals surface area contributed by atoms with Crippen molar-refractivity contribution in [2.45, 2.75) is 52.2 Å². The summed E-state index contributed by atoms with van der Waals surface area (Å²) in [7, 11) is 0. The highest BCUT2D eigenvalue weighted by atomic mass is 127. The van der Waals surface area contributed by atoms with Gasteiger partial charge in [0.1, 0.15) is 5.60 Å². The van der Waals surface area contributed by atoms with Crippen molar-refractivity contribution in [3.63, 3.8) is 0 Å². The van der Waals surface area contributed by atoms with E-state index in [9.17, 15) is 5.11 Å². The van der Waals surface area contributed by atoms with Crippen LogP contribution in [0.2, 0.25) is 0 Å². The minimum Gasteiger partial charge on any atom is -0.383 e. The van der Waals surface area contributed by atoms with Crippen LogP contribution in [0.3, 0.4) is 0 Å². The smallest absolute Gasteiger partial charge is 0.191 e. The maximum Gasteiger partial charge on any atom is 0.191 e. The van der Waals surface area contributed by atoms with Crippen molar-refractivity contribution in [1.29, 1.82) is 0 Å². The van der Waals surface area contributed by atoms with Crippen LogP contribution in [-0.4, -0.2) is 54.7 Å². The van der Waals surface area contributed by atoms with Crippen molar-refractivity contribution in [3.05, 3.63) is 22.4 Å². The molecule has 0 aromatic carbocycles. The summed E-state index contributed by atoms with van der Waals surface area (Å²) >= 11 is 1.57. The van der Waals surface area contributed by atoms with Crippen molar-refractivity contribution in [3.8, 4) is 0 Å². The molecule has 0 amide bonds. The molecule has 0 bridgehead atoms. The molecule has 1 saturated heterocycles. The zero-order valence-electron chi connectivity index (χ0n) is 16.5. The standard InChI is InChI=1S/C19H34N4OS.HI/c1-5-20-18(22-14-19(4,24)17-9-7-11-25-17)21-12-16-8-6-10-23(16)13-15(2)3;/h7,9,11,15-16,24H,5-6,8,10,12-14H2,1-4H3,(H2,20,21,22);1H/t16-,19?;/m1./s1. The highest BCUT2D eigenvalue weighted by Crippen LogP contribution is 2.25. The van der Waals surface area contributed by atoms with E-state index >= 15 is 0 Å². The van der Waals surface area contributed by atoms with Gasteiger partial charge in [0.15, 0.2) is 5.96 Å². The van der Waals surface area contributed by atoms with Crippen LogP contribution in [0.1, 0.15) is 45.4 Å². The van der Waals surface area contributed by atoms with Gasteiger partial charge < -0.3 is 15.7 Å². The molecule has 7 heteroatoms.